The number of hydrogen-bond donors (Lipinski definition) is 1. The molecule has 1 N–H and O–H groups in total. The topological polar surface area (TPSA) is 79.7 Å². The van der Waals surface area contributed by atoms with Gasteiger partial charge < -0.3 is 9.84 Å². The second-order valence-electron chi connectivity index (χ2n) is 6.11. The third-order valence-corrected chi connectivity index (χ3v) is 4.97. The Hall–Kier alpha value is -3.29. The van der Waals surface area contributed by atoms with Crippen molar-refractivity contribution < 1.29 is 19.4 Å². The number of aromatic nitrogens is 1. The molecule has 1 aromatic heterocycles. The maximum atomic E-state index is 12.7. The monoisotopic (exact) mass is 408 g/mol. The molecule has 0 aliphatic heterocycles. The quantitative estimate of drug-likeness (QED) is 0.454. The molecule has 0 fully saturated rings. The average molecular weight is 408 g/mol. The molecule has 0 bridgehead atoms. The first kappa shape index (κ1) is 20.4. The molecule has 0 atom stereocenters. The van der Waals surface area contributed by atoms with E-state index in [4.69, 9.17) is 9.84 Å². The van der Waals surface area contributed by atoms with Crippen molar-refractivity contribution in [3.8, 4) is 11.3 Å². The van der Waals surface area contributed by atoms with E-state index >= 15 is 0 Å². The van der Waals surface area contributed by atoms with Crippen LogP contribution in [0.15, 0.2) is 72.6 Å². The van der Waals surface area contributed by atoms with Gasteiger partial charge in [-0.15, -0.1) is 17.9 Å². The molecule has 1 heterocycles. The summed E-state index contributed by atoms with van der Waals surface area (Å²) in [6.45, 7) is 3.42. The molecule has 29 heavy (non-hydrogen) atoms. The Balaban J connectivity index is 1.67. The summed E-state index contributed by atoms with van der Waals surface area (Å²) < 4.78 is 5.15. The van der Waals surface area contributed by atoms with Gasteiger partial charge in [-0.1, -0.05) is 48.5 Å². The summed E-state index contributed by atoms with van der Waals surface area (Å²) in [6, 6.07) is 16.0. The number of carbonyl (C=O) groups excluding carboxylic acids is 2. The molecule has 3 rings (SSSR count). The highest BCUT2D eigenvalue weighted by Gasteiger charge is 2.20. The Labute approximate surface area is 172 Å². The number of benzene rings is 2. The summed E-state index contributed by atoms with van der Waals surface area (Å²) in [5, 5.41) is 11.4. The molecule has 0 aliphatic rings. The number of hydrogen-bond acceptors (Lipinski definition) is 6. The summed E-state index contributed by atoms with van der Waals surface area (Å²) in [5.41, 5.74) is 2.73. The number of amides is 1. The first-order valence-electron chi connectivity index (χ1n) is 8.91. The lowest BCUT2D eigenvalue weighted by molar-refractivity contribution is -0.121. The number of esters is 1. The Bertz CT molecular complexity index is 984. The third-order valence-electron chi connectivity index (χ3n) is 4.10. The summed E-state index contributed by atoms with van der Waals surface area (Å²) in [5.74, 6) is -0.996. The molecular formula is C22H20N2O4S. The Morgan fingerprint density at radius 3 is 2.52 bits per heavy atom. The van der Waals surface area contributed by atoms with E-state index in [1.807, 2.05) is 35.7 Å². The molecular weight excluding hydrogens is 388 g/mol. The van der Waals surface area contributed by atoms with Gasteiger partial charge in [0.05, 0.1) is 17.9 Å². The highest BCUT2D eigenvalue weighted by molar-refractivity contribution is 7.14. The maximum absolute atomic E-state index is 12.7. The van der Waals surface area contributed by atoms with E-state index in [1.165, 1.54) is 16.2 Å². The lowest BCUT2D eigenvalue weighted by Gasteiger charge is -2.18. The van der Waals surface area contributed by atoms with Crippen LogP contribution in [0, 0.1) is 0 Å². The Morgan fingerprint density at radius 1 is 1.14 bits per heavy atom. The van der Waals surface area contributed by atoms with Crippen molar-refractivity contribution in [2.45, 2.75) is 6.61 Å². The second kappa shape index (κ2) is 9.77. The van der Waals surface area contributed by atoms with E-state index in [-0.39, 0.29) is 19.1 Å². The van der Waals surface area contributed by atoms with Crippen LogP contribution in [0.25, 0.3) is 11.3 Å². The van der Waals surface area contributed by atoms with Crippen LogP contribution in [0.2, 0.25) is 0 Å². The molecule has 0 saturated carbocycles. The number of aliphatic hydroxyl groups excluding tert-OH is 1. The average Bonchev–Trinajstić information content (AvgIpc) is 3.26. The summed E-state index contributed by atoms with van der Waals surface area (Å²) >= 11 is 1.34. The van der Waals surface area contributed by atoms with Crippen molar-refractivity contribution in [3.05, 3.63) is 83.8 Å². The van der Waals surface area contributed by atoms with Crippen molar-refractivity contribution in [2.75, 3.05) is 18.1 Å². The number of carbonyl (C=O) groups is 2. The van der Waals surface area contributed by atoms with Crippen LogP contribution >= 0.6 is 11.3 Å². The number of ether oxygens (including phenoxy) is 1. The molecule has 0 aliphatic carbocycles. The van der Waals surface area contributed by atoms with E-state index in [9.17, 15) is 9.59 Å². The fraction of sp³-hybridized carbons (Fsp3) is 0.136. The van der Waals surface area contributed by atoms with Gasteiger partial charge in [0, 0.05) is 17.5 Å². The van der Waals surface area contributed by atoms with Crippen LogP contribution in [0.1, 0.15) is 15.9 Å². The van der Waals surface area contributed by atoms with Crippen LogP contribution in [0.5, 0.6) is 0 Å². The fourth-order valence-electron chi connectivity index (χ4n) is 2.58. The molecule has 0 radical (unpaired) electrons. The van der Waals surface area contributed by atoms with Gasteiger partial charge in [0.1, 0.15) is 0 Å². The predicted molar refractivity (Wildman–Crippen MR) is 113 cm³/mol. The number of thiazole rings is 1. The number of nitrogens with zero attached hydrogens (tertiary/aromatic N) is 2. The van der Waals surface area contributed by atoms with E-state index in [0.29, 0.717) is 16.3 Å². The minimum atomic E-state index is -0.606. The smallest absolute Gasteiger partial charge is 0.338 e. The Kier molecular flexibility index (Phi) is 6.89. The van der Waals surface area contributed by atoms with Crippen molar-refractivity contribution in [1.82, 2.24) is 4.98 Å². The largest absolute Gasteiger partial charge is 0.452 e. The molecule has 3 aromatic rings. The molecule has 1 amide bonds. The summed E-state index contributed by atoms with van der Waals surface area (Å²) in [7, 11) is 0. The van der Waals surface area contributed by atoms with Gasteiger partial charge in [0.15, 0.2) is 11.7 Å². The van der Waals surface area contributed by atoms with Gasteiger partial charge in [-0.2, -0.15) is 0 Å². The lowest BCUT2D eigenvalue weighted by Crippen LogP contribution is -2.34. The van der Waals surface area contributed by atoms with E-state index in [0.717, 1.165) is 11.3 Å². The van der Waals surface area contributed by atoms with Crippen molar-refractivity contribution in [1.29, 1.82) is 0 Å². The molecule has 7 heteroatoms. The minimum Gasteiger partial charge on any atom is -0.452 e. The molecule has 0 spiro atoms. The summed E-state index contributed by atoms with van der Waals surface area (Å²) in [6.07, 6.45) is 1.59. The number of anilines is 1. The number of aliphatic hydroxyl groups is 1. The zero-order valence-corrected chi connectivity index (χ0v) is 16.5. The van der Waals surface area contributed by atoms with Crippen LogP contribution in [-0.4, -0.2) is 35.1 Å². The number of rotatable bonds is 8. The molecule has 0 unspecified atom stereocenters. The molecule has 2 aromatic carbocycles. The third kappa shape index (κ3) is 5.16. The normalized spacial score (nSPS) is 10.4. The second-order valence-corrected chi connectivity index (χ2v) is 6.94. The maximum Gasteiger partial charge on any atom is 0.338 e. The minimum absolute atomic E-state index is 0.108. The zero-order chi connectivity index (χ0) is 20.6. The first-order chi connectivity index (χ1) is 14.1. The standard InChI is InChI=1S/C22H20N2O4S/c1-2-12-24(22-23-19(15-29-22)17-6-4-3-5-7-17)20(26)14-28-21(27)18-10-8-16(13-25)9-11-18/h2-11,15,25H,1,12-14H2. The highest BCUT2D eigenvalue weighted by atomic mass is 32.1. The Morgan fingerprint density at radius 2 is 1.86 bits per heavy atom. The van der Waals surface area contributed by atoms with E-state index in [2.05, 4.69) is 11.6 Å². The summed E-state index contributed by atoms with van der Waals surface area (Å²) in [4.78, 5) is 30.8. The van der Waals surface area contributed by atoms with Crippen LogP contribution in [0.3, 0.4) is 0 Å². The molecule has 0 saturated heterocycles. The van der Waals surface area contributed by atoms with Gasteiger partial charge in [-0.3, -0.25) is 9.69 Å². The molecule has 148 valence electrons. The van der Waals surface area contributed by atoms with E-state index < -0.39 is 12.6 Å². The van der Waals surface area contributed by atoms with Gasteiger partial charge in [0.2, 0.25) is 0 Å². The molecule has 6 nitrogen and oxygen atoms in total. The van der Waals surface area contributed by atoms with Crippen molar-refractivity contribution in [3.63, 3.8) is 0 Å². The zero-order valence-electron chi connectivity index (χ0n) is 15.7. The van der Waals surface area contributed by atoms with Crippen molar-refractivity contribution >= 4 is 28.3 Å². The van der Waals surface area contributed by atoms with Gasteiger partial charge in [-0.05, 0) is 17.7 Å². The highest BCUT2D eigenvalue weighted by Crippen LogP contribution is 2.27. The lowest BCUT2D eigenvalue weighted by atomic mass is 10.1. The van der Waals surface area contributed by atoms with Crippen LogP contribution in [-0.2, 0) is 16.1 Å². The van der Waals surface area contributed by atoms with Gasteiger partial charge >= 0.3 is 5.97 Å². The van der Waals surface area contributed by atoms with Gasteiger partial charge in [0.25, 0.3) is 5.91 Å². The van der Waals surface area contributed by atoms with Crippen LogP contribution in [0.4, 0.5) is 5.13 Å². The van der Waals surface area contributed by atoms with Crippen molar-refractivity contribution in [2.24, 2.45) is 0 Å². The van der Waals surface area contributed by atoms with Gasteiger partial charge in [-0.25, -0.2) is 9.78 Å². The van der Waals surface area contributed by atoms with E-state index in [1.54, 1.807) is 30.3 Å². The van der Waals surface area contributed by atoms with Crippen LogP contribution < -0.4 is 4.90 Å². The predicted octanol–water partition coefficient (Wildman–Crippen LogP) is 3.68. The first-order valence-corrected chi connectivity index (χ1v) is 9.79. The fourth-order valence-corrected chi connectivity index (χ4v) is 3.44. The SMILES string of the molecule is C=CCN(C(=O)COC(=O)c1ccc(CO)cc1)c1nc(-c2ccccc2)cs1.